The van der Waals surface area contributed by atoms with Gasteiger partial charge in [-0.3, -0.25) is 4.79 Å². The van der Waals surface area contributed by atoms with Crippen LogP contribution in [0.3, 0.4) is 0 Å². The fraction of sp³-hybridized carbons (Fsp3) is 0.364. The number of halogens is 1. The summed E-state index contributed by atoms with van der Waals surface area (Å²) in [5, 5.41) is 9.38. The standard InChI is InChI=1S/C11H12ClNO4S2/c1-7-2-3-8(12)4-10(7)19(16,17)13-6-18-5-9(13)11(14)15/h2-4,9H,5-6H2,1H3,(H,14,15). The maximum absolute atomic E-state index is 12.5. The summed E-state index contributed by atoms with van der Waals surface area (Å²) >= 11 is 7.11. The number of sulfonamides is 1. The maximum Gasteiger partial charge on any atom is 0.322 e. The van der Waals surface area contributed by atoms with Gasteiger partial charge in [-0.05, 0) is 24.6 Å². The normalized spacial score (nSPS) is 20.6. The molecular formula is C11H12ClNO4S2. The number of carboxylic acids is 1. The van der Waals surface area contributed by atoms with Crippen molar-refractivity contribution >= 4 is 39.4 Å². The van der Waals surface area contributed by atoms with E-state index in [1.54, 1.807) is 19.1 Å². The number of thioether (sulfide) groups is 1. The third kappa shape index (κ3) is 2.74. The number of carboxylic acid groups (broad SMARTS) is 1. The fourth-order valence-corrected chi connectivity index (χ4v) is 5.46. The lowest BCUT2D eigenvalue weighted by Crippen LogP contribution is -2.41. The van der Waals surface area contributed by atoms with E-state index in [1.165, 1.54) is 17.8 Å². The Balaban J connectivity index is 2.48. The van der Waals surface area contributed by atoms with Crippen molar-refractivity contribution in [1.29, 1.82) is 0 Å². The van der Waals surface area contributed by atoms with Crippen LogP contribution in [0.5, 0.6) is 0 Å². The van der Waals surface area contributed by atoms with Gasteiger partial charge in [-0.15, -0.1) is 11.8 Å². The van der Waals surface area contributed by atoms with Gasteiger partial charge in [0.15, 0.2) is 0 Å². The lowest BCUT2D eigenvalue weighted by atomic mass is 10.2. The fourth-order valence-electron chi connectivity index (χ4n) is 1.84. The summed E-state index contributed by atoms with van der Waals surface area (Å²) in [5.74, 6) is -0.729. The monoisotopic (exact) mass is 321 g/mol. The van der Waals surface area contributed by atoms with Gasteiger partial charge in [0.05, 0.1) is 10.8 Å². The first-order valence-electron chi connectivity index (χ1n) is 5.42. The molecule has 0 radical (unpaired) electrons. The zero-order valence-electron chi connectivity index (χ0n) is 10.0. The van der Waals surface area contributed by atoms with Gasteiger partial charge < -0.3 is 5.11 Å². The second kappa shape index (κ2) is 5.32. The minimum absolute atomic E-state index is 0.0637. The van der Waals surface area contributed by atoms with Gasteiger partial charge in [-0.25, -0.2) is 8.42 Å². The van der Waals surface area contributed by atoms with Crippen LogP contribution in [0.2, 0.25) is 5.02 Å². The lowest BCUT2D eigenvalue weighted by Gasteiger charge is -2.21. The SMILES string of the molecule is Cc1ccc(Cl)cc1S(=O)(=O)N1CSCC1C(=O)O. The maximum atomic E-state index is 12.5. The van der Waals surface area contributed by atoms with Crippen LogP contribution in [0.25, 0.3) is 0 Å². The minimum atomic E-state index is -3.84. The molecule has 0 saturated carbocycles. The molecule has 1 atom stereocenters. The Bertz CT molecular complexity index is 617. The molecule has 0 aliphatic carbocycles. The number of hydrogen-bond donors (Lipinski definition) is 1. The van der Waals surface area contributed by atoms with Crippen molar-refractivity contribution in [2.24, 2.45) is 0 Å². The Morgan fingerprint density at radius 3 is 2.84 bits per heavy atom. The molecule has 0 amide bonds. The Labute approximate surface area is 120 Å². The molecule has 0 spiro atoms. The van der Waals surface area contributed by atoms with E-state index in [1.807, 2.05) is 0 Å². The highest BCUT2D eigenvalue weighted by Crippen LogP contribution is 2.31. The van der Waals surface area contributed by atoms with Crippen LogP contribution < -0.4 is 0 Å². The molecule has 1 aromatic rings. The largest absolute Gasteiger partial charge is 0.480 e. The van der Waals surface area contributed by atoms with Crippen LogP contribution in [0.15, 0.2) is 23.1 Å². The number of hydrogen-bond acceptors (Lipinski definition) is 4. The number of aryl methyl sites for hydroxylation is 1. The van der Waals surface area contributed by atoms with E-state index < -0.39 is 22.0 Å². The van der Waals surface area contributed by atoms with E-state index in [9.17, 15) is 13.2 Å². The molecule has 1 N–H and O–H groups in total. The number of benzene rings is 1. The van der Waals surface area contributed by atoms with Crippen molar-refractivity contribution in [3.8, 4) is 0 Å². The Hall–Kier alpha value is -0.760. The van der Waals surface area contributed by atoms with Crippen molar-refractivity contribution < 1.29 is 18.3 Å². The summed E-state index contributed by atoms with van der Waals surface area (Å²) in [5.41, 5.74) is 0.547. The first-order chi connectivity index (χ1) is 8.84. The Kier molecular flexibility index (Phi) is 4.10. The molecule has 1 saturated heterocycles. The third-order valence-corrected chi connectivity index (χ3v) is 6.27. The third-order valence-electron chi connectivity index (χ3n) is 2.86. The highest BCUT2D eigenvalue weighted by Gasteiger charge is 2.40. The van der Waals surface area contributed by atoms with Crippen molar-refractivity contribution in [3.63, 3.8) is 0 Å². The van der Waals surface area contributed by atoms with Gasteiger partial charge in [-0.1, -0.05) is 17.7 Å². The van der Waals surface area contributed by atoms with Gasteiger partial charge in [0, 0.05) is 10.8 Å². The van der Waals surface area contributed by atoms with Crippen molar-refractivity contribution in [2.45, 2.75) is 17.9 Å². The van der Waals surface area contributed by atoms with E-state index in [-0.39, 0.29) is 16.5 Å². The van der Waals surface area contributed by atoms with Crippen molar-refractivity contribution in [3.05, 3.63) is 28.8 Å². The first kappa shape index (κ1) is 14.6. The van der Waals surface area contributed by atoms with Gasteiger partial charge in [0.2, 0.25) is 10.0 Å². The van der Waals surface area contributed by atoms with Crippen molar-refractivity contribution in [1.82, 2.24) is 4.31 Å². The molecule has 1 fully saturated rings. The molecule has 2 rings (SSSR count). The quantitative estimate of drug-likeness (QED) is 0.918. The molecule has 0 aromatic heterocycles. The van der Waals surface area contributed by atoms with Crippen molar-refractivity contribution in [2.75, 3.05) is 11.6 Å². The number of aliphatic carboxylic acids is 1. The number of nitrogens with zero attached hydrogens (tertiary/aromatic N) is 1. The van der Waals surface area contributed by atoms with Crippen LogP contribution in [0, 0.1) is 6.92 Å². The minimum Gasteiger partial charge on any atom is -0.480 e. The summed E-state index contributed by atoms with van der Waals surface area (Å²) in [6.45, 7) is 1.65. The Morgan fingerprint density at radius 2 is 2.21 bits per heavy atom. The first-order valence-corrected chi connectivity index (χ1v) is 8.40. The van der Waals surface area contributed by atoms with Gasteiger partial charge >= 0.3 is 5.97 Å². The zero-order valence-corrected chi connectivity index (χ0v) is 12.4. The molecule has 1 aliphatic heterocycles. The summed E-state index contributed by atoms with van der Waals surface area (Å²) in [4.78, 5) is 11.2. The van der Waals surface area contributed by atoms with Crippen LogP contribution in [0.1, 0.15) is 5.56 Å². The van der Waals surface area contributed by atoms with Crippen LogP contribution >= 0.6 is 23.4 Å². The predicted octanol–water partition coefficient (Wildman–Crippen LogP) is 1.80. The van der Waals surface area contributed by atoms with E-state index in [2.05, 4.69) is 0 Å². The Morgan fingerprint density at radius 1 is 1.53 bits per heavy atom. The highest BCUT2D eigenvalue weighted by atomic mass is 35.5. The zero-order chi connectivity index (χ0) is 14.2. The molecule has 8 heteroatoms. The van der Waals surface area contributed by atoms with E-state index in [4.69, 9.17) is 16.7 Å². The number of carbonyl (C=O) groups is 1. The highest BCUT2D eigenvalue weighted by molar-refractivity contribution is 8.00. The van der Waals surface area contributed by atoms with E-state index in [0.29, 0.717) is 10.6 Å². The van der Waals surface area contributed by atoms with Crippen LogP contribution in [-0.2, 0) is 14.8 Å². The van der Waals surface area contributed by atoms with Crippen LogP contribution in [-0.4, -0.2) is 41.5 Å². The van der Waals surface area contributed by atoms with Gasteiger partial charge in [-0.2, -0.15) is 4.31 Å². The average molecular weight is 322 g/mol. The average Bonchev–Trinajstić information content (AvgIpc) is 2.82. The topological polar surface area (TPSA) is 74.7 Å². The lowest BCUT2D eigenvalue weighted by molar-refractivity contribution is -0.140. The number of rotatable bonds is 3. The second-order valence-corrected chi connectivity index (χ2v) is 7.45. The van der Waals surface area contributed by atoms with Gasteiger partial charge in [0.25, 0.3) is 0 Å². The van der Waals surface area contributed by atoms with Crippen LogP contribution in [0.4, 0.5) is 0 Å². The second-order valence-electron chi connectivity index (χ2n) is 4.16. The molecule has 0 bridgehead atoms. The molecule has 19 heavy (non-hydrogen) atoms. The molecule has 1 unspecified atom stereocenters. The van der Waals surface area contributed by atoms with Gasteiger partial charge in [0.1, 0.15) is 6.04 Å². The summed E-state index contributed by atoms with van der Waals surface area (Å²) < 4.78 is 26.0. The molecule has 5 nitrogen and oxygen atoms in total. The summed E-state index contributed by atoms with van der Waals surface area (Å²) in [6.07, 6.45) is 0. The predicted molar refractivity (Wildman–Crippen MR) is 74.0 cm³/mol. The summed E-state index contributed by atoms with van der Waals surface area (Å²) in [6, 6.07) is 3.54. The summed E-state index contributed by atoms with van der Waals surface area (Å²) in [7, 11) is -3.84. The molecule has 1 aliphatic rings. The molecule has 1 heterocycles. The molecule has 1 aromatic carbocycles. The smallest absolute Gasteiger partial charge is 0.322 e. The molecular weight excluding hydrogens is 310 g/mol. The van der Waals surface area contributed by atoms with E-state index >= 15 is 0 Å². The molecule has 104 valence electrons. The van der Waals surface area contributed by atoms with E-state index in [0.717, 1.165) is 4.31 Å².